The van der Waals surface area contributed by atoms with Gasteiger partial charge in [0.25, 0.3) is 5.91 Å². The molecule has 0 saturated carbocycles. The molecule has 5 nitrogen and oxygen atoms in total. The summed E-state index contributed by atoms with van der Waals surface area (Å²) in [5.74, 6) is 0.532. The van der Waals surface area contributed by atoms with E-state index < -0.39 is 12.0 Å². The first kappa shape index (κ1) is 17.8. The van der Waals surface area contributed by atoms with Gasteiger partial charge in [-0.2, -0.15) is 11.8 Å². The van der Waals surface area contributed by atoms with Crippen molar-refractivity contribution >= 4 is 39.6 Å². The molecule has 21 heavy (non-hydrogen) atoms. The molecule has 0 unspecified atom stereocenters. The van der Waals surface area contributed by atoms with Crippen molar-refractivity contribution in [3.05, 3.63) is 28.2 Å². The Balaban J connectivity index is 2.83. The van der Waals surface area contributed by atoms with Crippen LogP contribution in [0.2, 0.25) is 0 Å². The summed E-state index contributed by atoms with van der Waals surface area (Å²) in [5, 5.41) is 2.69. The Labute approximate surface area is 136 Å². The fourth-order valence-electron chi connectivity index (χ4n) is 1.67. The summed E-state index contributed by atoms with van der Waals surface area (Å²) in [6, 6.07) is 4.35. The second kappa shape index (κ2) is 8.94. The molecule has 0 heterocycles. The van der Waals surface area contributed by atoms with Crippen molar-refractivity contribution in [1.29, 1.82) is 0 Å². The lowest BCUT2D eigenvalue weighted by Crippen LogP contribution is -2.41. The van der Waals surface area contributed by atoms with E-state index in [2.05, 4.69) is 21.2 Å². The Kier molecular flexibility index (Phi) is 7.60. The molecule has 1 aromatic rings. The van der Waals surface area contributed by atoms with Crippen LogP contribution in [0.25, 0.3) is 0 Å². The second-order valence-corrected chi connectivity index (χ2v) is 6.02. The van der Waals surface area contributed by atoms with Crippen LogP contribution < -0.4 is 10.1 Å². The quantitative estimate of drug-likeness (QED) is 0.741. The summed E-state index contributed by atoms with van der Waals surface area (Å²) < 4.78 is 10.6. The fraction of sp³-hybridized carbons (Fsp3) is 0.429. The van der Waals surface area contributed by atoms with Crippen molar-refractivity contribution < 1.29 is 19.1 Å². The topological polar surface area (TPSA) is 64.6 Å². The number of rotatable bonds is 7. The number of benzene rings is 1. The summed E-state index contributed by atoms with van der Waals surface area (Å²) >= 11 is 4.93. The maximum Gasteiger partial charge on any atom is 0.328 e. The normalized spacial score (nSPS) is 11.6. The summed E-state index contributed by atoms with van der Waals surface area (Å²) in [6.45, 7) is 0. The van der Waals surface area contributed by atoms with Crippen LogP contribution in [0.15, 0.2) is 22.7 Å². The molecule has 0 aromatic heterocycles. The zero-order chi connectivity index (χ0) is 15.8. The molecule has 0 radical (unpaired) electrons. The minimum Gasteiger partial charge on any atom is -0.496 e. The van der Waals surface area contributed by atoms with Crippen molar-refractivity contribution in [3.63, 3.8) is 0 Å². The van der Waals surface area contributed by atoms with Gasteiger partial charge >= 0.3 is 5.97 Å². The number of amides is 1. The van der Waals surface area contributed by atoms with E-state index in [1.165, 1.54) is 14.2 Å². The number of hydrogen-bond acceptors (Lipinski definition) is 5. The smallest absolute Gasteiger partial charge is 0.328 e. The van der Waals surface area contributed by atoms with E-state index in [9.17, 15) is 9.59 Å². The van der Waals surface area contributed by atoms with Crippen LogP contribution in [0.3, 0.4) is 0 Å². The van der Waals surface area contributed by atoms with Gasteiger partial charge in [-0.25, -0.2) is 4.79 Å². The van der Waals surface area contributed by atoms with Gasteiger partial charge in [0.1, 0.15) is 11.8 Å². The number of carbonyl (C=O) groups excluding carboxylic acids is 2. The molecule has 0 spiro atoms. The van der Waals surface area contributed by atoms with E-state index in [1.54, 1.807) is 30.0 Å². The van der Waals surface area contributed by atoms with Crippen LogP contribution >= 0.6 is 27.7 Å². The Morgan fingerprint density at radius 3 is 2.67 bits per heavy atom. The molecule has 0 aliphatic heterocycles. The first-order valence-corrected chi connectivity index (χ1v) is 8.43. The predicted octanol–water partition coefficient (Wildman–Crippen LogP) is 2.48. The molecule has 1 rings (SSSR count). The van der Waals surface area contributed by atoms with Crippen molar-refractivity contribution in [2.75, 3.05) is 26.2 Å². The third-order valence-electron chi connectivity index (χ3n) is 2.81. The maximum atomic E-state index is 12.2. The van der Waals surface area contributed by atoms with Gasteiger partial charge in [0.2, 0.25) is 0 Å². The number of esters is 1. The minimum absolute atomic E-state index is 0.336. The van der Waals surface area contributed by atoms with Crippen LogP contribution in [0.4, 0.5) is 0 Å². The van der Waals surface area contributed by atoms with E-state index >= 15 is 0 Å². The first-order valence-electron chi connectivity index (χ1n) is 6.24. The molecule has 0 aliphatic rings. The standard InChI is InChI=1S/C14H18BrNO4S/c1-19-12-8-9(4-5-10(12)15)13(17)16-11(6-7-21-3)14(18)20-2/h4-5,8,11H,6-7H2,1-3H3,(H,16,17)/t11-/m0/s1. The van der Waals surface area contributed by atoms with Gasteiger partial charge in [0, 0.05) is 5.56 Å². The minimum atomic E-state index is -0.649. The number of hydrogen-bond donors (Lipinski definition) is 1. The number of carbonyl (C=O) groups is 2. The molecule has 1 atom stereocenters. The van der Waals surface area contributed by atoms with Crippen LogP contribution in [0.1, 0.15) is 16.8 Å². The lowest BCUT2D eigenvalue weighted by atomic mass is 10.1. The highest BCUT2D eigenvalue weighted by molar-refractivity contribution is 9.10. The van der Waals surface area contributed by atoms with Gasteiger partial charge in [-0.1, -0.05) is 0 Å². The molecule has 1 amide bonds. The number of halogens is 1. The third kappa shape index (κ3) is 5.24. The zero-order valence-electron chi connectivity index (χ0n) is 12.1. The third-order valence-corrected chi connectivity index (χ3v) is 4.11. The highest BCUT2D eigenvalue weighted by Crippen LogP contribution is 2.25. The van der Waals surface area contributed by atoms with Crippen LogP contribution in [0.5, 0.6) is 5.75 Å². The molecular weight excluding hydrogens is 358 g/mol. The highest BCUT2D eigenvalue weighted by Gasteiger charge is 2.22. The molecule has 7 heteroatoms. The van der Waals surface area contributed by atoms with Crippen molar-refractivity contribution in [2.24, 2.45) is 0 Å². The monoisotopic (exact) mass is 375 g/mol. The molecule has 1 N–H and O–H groups in total. The molecular formula is C14H18BrNO4S. The number of methoxy groups -OCH3 is 2. The maximum absolute atomic E-state index is 12.2. The van der Waals surface area contributed by atoms with Crippen molar-refractivity contribution in [3.8, 4) is 5.75 Å². The fourth-order valence-corrected chi connectivity index (χ4v) is 2.55. The molecule has 0 fully saturated rings. The molecule has 1 aromatic carbocycles. The number of ether oxygens (including phenoxy) is 2. The average molecular weight is 376 g/mol. The second-order valence-electron chi connectivity index (χ2n) is 4.18. The Morgan fingerprint density at radius 1 is 1.38 bits per heavy atom. The van der Waals surface area contributed by atoms with E-state index in [4.69, 9.17) is 9.47 Å². The summed E-state index contributed by atoms with van der Waals surface area (Å²) in [5.41, 5.74) is 0.424. The van der Waals surface area contributed by atoms with Crippen molar-refractivity contribution in [2.45, 2.75) is 12.5 Å². The van der Waals surface area contributed by atoms with Gasteiger partial charge in [0.05, 0.1) is 18.7 Å². The number of nitrogens with one attached hydrogen (secondary N) is 1. The molecule has 0 bridgehead atoms. The Bertz CT molecular complexity index is 510. The molecule has 0 saturated heterocycles. The van der Waals surface area contributed by atoms with Gasteiger partial charge in [0.15, 0.2) is 0 Å². The molecule has 116 valence electrons. The number of thioether (sulfide) groups is 1. The highest BCUT2D eigenvalue weighted by atomic mass is 79.9. The first-order chi connectivity index (χ1) is 10.0. The summed E-state index contributed by atoms with van der Waals surface area (Å²) in [4.78, 5) is 23.9. The summed E-state index contributed by atoms with van der Waals surface area (Å²) in [7, 11) is 2.83. The Hall–Kier alpha value is -1.21. The predicted molar refractivity (Wildman–Crippen MR) is 87.0 cm³/mol. The van der Waals surface area contributed by atoms with Crippen LogP contribution in [-0.2, 0) is 9.53 Å². The van der Waals surface area contributed by atoms with E-state index in [-0.39, 0.29) is 5.91 Å². The van der Waals surface area contributed by atoms with E-state index in [1.807, 2.05) is 6.26 Å². The summed E-state index contributed by atoms with van der Waals surface area (Å²) in [6.07, 6.45) is 2.46. The van der Waals surface area contributed by atoms with E-state index in [0.717, 1.165) is 10.2 Å². The molecule has 0 aliphatic carbocycles. The van der Waals surface area contributed by atoms with Crippen LogP contribution in [-0.4, -0.2) is 44.1 Å². The van der Waals surface area contributed by atoms with Gasteiger partial charge in [-0.3, -0.25) is 4.79 Å². The van der Waals surface area contributed by atoms with E-state index in [0.29, 0.717) is 17.7 Å². The lowest BCUT2D eigenvalue weighted by molar-refractivity contribution is -0.142. The largest absolute Gasteiger partial charge is 0.496 e. The SMILES string of the molecule is COC(=O)[C@H](CCSC)NC(=O)c1ccc(Br)c(OC)c1. The zero-order valence-corrected chi connectivity index (χ0v) is 14.5. The van der Waals surface area contributed by atoms with Crippen molar-refractivity contribution in [1.82, 2.24) is 5.32 Å². The van der Waals surface area contributed by atoms with Gasteiger partial charge in [-0.05, 0) is 52.6 Å². The lowest BCUT2D eigenvalue weighted by Gasteiger charge is -2.16. The average Bonchev–Trinajstić information content (AvgIpc) is 2.50. The van der Waals surface area contributed by atoms with Crippen LogP contribution in [0, 0.1) is 0 Å². The van der Waals surface area contributed by atoms with Gasteiger partial charge in [-0.15, -0.1) is 0 Å². The Morgan fingerprint density at radius 2 is 2.10 bits per heavy atom. The van der Waals surface area contributed by atoms with Gasteiger partial charge < -0.3 is 14.8 Å².